The summed E-state index contributed by atoms with van der Waals surface area (Å²) in [4.78, 5) is 25.5. The number of carbonyl (C=O) groups excluding carboxylic acids is 2. The number of nitrogens with two attached hydrogens (primary N) is 1. The zero-order valence-electron chi connectivity index (χ0n) is 12.6. The van der Waals surface area contributed by atoms with Gasteiger partial charge in [-0.3, -0.25) is 14.5 Å². The van der Waals surface area contributed by atoms with Gasteiger partial charge in [0, 0.05) is 11.6 Å². The summed E-state index contributed by atoms with van der Waals surface area (Å²) in [6, 6.07) is 7.54. The molecule has 0 aliphatic carbocycles. The summed E-state index contributed by atoms with van der Waals surface area (Å²) in [6.07, 6.45) is 1.47. The second-order valence-corrected chi connectivity index (χ2v) is 5.74. The number of hydrogen-bond donors (Lipinski definition) is 2. The van der Waals surface area contributed by atoms with Crippen molar-refractivity contribution >= 4 is 17.5 Å². The van der Waals surface area contributed by atoms with Crippen LogP contribution in [-0.4, -0.2) is 35.8 Å². The molecular weight excluding hydrogens is 266 g/mol. The Kier molecular flexibility index (Phi) is 4.96. The minimum absolute atomic E-state index is 0.0172. The number of amides is 2. The predicted molar refractivity (Wildman–Crippen MR) is 82.8 cm³/mol. The maximum Gasteiger partial charge on any atom is 0.241 e. The molecule has 5 heteroatoms. The van der Waals surface area contributed by atoms with E-state index in [9.17, 15) is 9.59 Å². The van der Waals surface area contributed by atoms with Gasteiger partial charge in [0.25, 0.3) is 0 Å². The maximum absolute atomic E-state index is 12.3. The van der Waals surface area contributed by atoms with Gasteiger partial charge in [-0.25, -0.2) is 0 Å². The third kappa shape index (κ3) is 4.04. The summed E-state index contributed by atoms with van der Waals surface area (Å²) in [5.41, 5.74) is 7.30. The maximum atomic E-state index is 12.3. The highest BCUT2D eigenvalue weighted by Gasteiger charge is 2.28. The molecule has 2 rings (SSSR count). The molecule has 0 bridgehead atoms. The topological polar surface area (TPSA) is 75.4 Å². The minimum atomic E-state index is -0.230. The van der Waals surface area contributed by atoms with Crippen molar-refractivity contribution in [3.63, 3.8) is 0 Å². The lowest BCUT2D eigenvalue weighted by Gasteiger charge is -2.34. The van der Waals surface area contributed by atoms with Gasteiger partial charge in [-0.1, -0.05) is 17.7 Å². The molecule has 1 aromatic carbocycles. The van der Waals surface area contributed by atoms with Crippen LogP contribution in [0.25, 0.3) is 0 Å². The van der Waals surface area contributed by atoms with Crippen LogP contribution in [0.2, 0.25) is 0 Å². The van der Waals surface area contributed by atoms with Crippen molar-refractivity contribution in [3.8, 4) is 0 Å². The third-order valence-electron chi connectivity index (χ3n) is 4.18. The van der Waals surface area contributed by atoms with Crippen LogP contribution in [0.1, 0.15) is 25.3 Å². The Morgan fingerprint density at radius 3 is 2.33 bits per heavy atom. The van der Waals surface area contributed by atoms with Crippen molar-refractivity contribution in [3.05, 3.63) is 29.8 Å². The highest BCUT2D eigenvalue weighted by molar-refractivity contribution is 5.94. The molecule has 21 heavy (non-hydrogen) atoms. The van der Waals surface area contributed by atoms with Gasteiger partial charge in [0.2, 0.25) is 11.8 Å². The normalized spacial score (nSPS) is 18.2. The zero-order valence-corrected chi connectivity index (χ0v) is 12.6. The Balaban J connectivity index is 1.88. The first-order valence-corrected chi connectivity index (χ1v) is 7.38. The SMILES string of the molecule is Cc1ccc(NC(=O)[C@H](C)N2CCC(C(N)=O)CC2)cc1. The largest absolute Gasteiger partial charge is 0.369 e. The second-order valence-electron chi connectivity index (χ2n) is 5.74. The summed E-state index contributed by atoms with van der Waals surface area (Å²) >= 11 is 0. The smallest absolute Gasteiger partial charge is 0.241 e. The number of anilines is 1. The summed E-state index contributed by atoms with van der Waals surface area (Å²) in [5, 5.41) is 2.93. The monoisotopic (exact) mass is 289 g/mol. The van der Waals surface area contributed by atoms with Gasteiger partial charge in [-0.2, -0.15) is 0 Å². The van der Waals surface area contributed by atoms with E-state index in [4.69, 9.17) is 5.73 Å². The van der Waals surface area contributed by atoms with E-state index in [1.807, 2.05) is 38.1 Å². The van der Waals surface area contributed by atoms with Crippen molar-refractivity contribution < 1.29 is 9.59 Å². The van der Waals surface area contributed by atoms with Crippen LogP contribution in [0.15, 0.2) is 24.3 Å². The van der Waals surface area contributed by atoms with Gasteiger partial charge in [-0.05, 0) is 51.9 Å². The average Bonchev–Trinajstić information content (AvgIpc) is 2.49. The number of likely N-dealkylation sites (tertiary alicyclic amines) is 1. The summed E-state index contributed by atoms with van der Waals surface area (Å²) < 4.78 is 0. The van der Waals surface area contributed by atoms with Gasteiger partial charge >= 0.3 is 0 Å². The molecule has 1 saturated heterocycles. The highest BCUT2D eigenvalue weighted by atomic mass is 16.2. The molecule has 0 radical (unpaired) electrons. The molecule has 1 aromatic rings. The molecule has 1 heterocycles. The van der Waals surface area contributed by atoms with E-state index < -0.39 is 0 Å². The molecule has 0 spiro atoms. The van der Waals surface area contributed by atoms with Crippen LogP contribution in [0.4, 0.5) is 5.69 Å². The number of nitrogens with one attached hydrogen (secondary N) is 1. The van der Waals surface area contributed by atoms with Gasteiger partial charge in [-0.15, -0.1) is 0 Å². The molecule has 0 unspecified atom stereocenters. The number of carbonyl (C=O) groups is 2. The number of benzene rings is 1. The fourth-order valence-corrected chi connectivity index (χ4v) is 2.62. The van der Waals surface area contributed by atoms with Crippen LogP contribution in [0, 0.1) is 12.8 Å². The van der Waals surface area contributed by atoms with E-state index in [1.54, 1.807) is 0 Å². The lowest BCUT2D eigenvalue weighted by Crippen LogP contribution is -2.47. The number of primary amides is 1. The lowest BCUT2D eigenvalue weighted by atomic mass is 9.95. The van der Waals surface area contributed by atoms with E-state index in [-0.39, 0.29) is 23.8 Å². The Morgan fingerprint density at radius 1 is 1.24 bits per heavy atom. The Labute approximate surface area is 125 Å². The summed E-state index contributed by atoms with van der Waals surface area (Å²) in [6.45, 7) is 5.37. The molecule has 114 valence electrons. The minimum Gasteiger partial charge on any atom is -0.369 e. The van der Waals surface area contributed by atoms with Crippen molar-refractivity contribution in [2.45, 2.75) is 32.7 Å². The third-order valence-corrected chi connectivity index (χ3v) is 4.18. The van der Waals surface area contributed by atoms with Gasteiger partial charge < -0.3 is 11.1 Å². The molecule has 1 fully saturated rings. The van der Waals surface area contributed by atoms with E-state index >= 15 is 0 Å². The molecular formula is C16H23N3O2. The highest BCUT2D eigenvalue weighted by Crippen LogP contribution is 2.19. The Hall–Kier alpha value is -1.88. The molecule has 0 saturated carbocycles. The predicted octanol–water partition coefficient (Wildman–Crippen LogP) is 1.52. The van der Waals surface area contributed by atoms with Crippen LogP contribution in [-0.2, 0) is 9.59 Å². The average molecular weight is 289 g/mol. The number of aryl methyl sites for hydroxylation is 1. The fraction of sp³-hybridized carbons (Fsp3) is 0.500. The zero-order chi connectivity index (χ0) is 15.4. The van der Waals surface area contributed by atoms with E-state index in [0.29, 0.717) is 0 Å². The quantitative estimate of drug-likeness (QED) is 0.882. The van der Waals surface area contributed by atoms with E-state index in [2.05, 4.69) is 10.2 Å². The van der Waals surface area contributed by atoms with Gasteiger partial charge in [0.1, 0.15) is 0 Å². The first kappa shape index (κ1) is 15.5. The molecule has 1 aliphatic rings. The van der Waals surface area contributed by atoms with E-state index in [1.165, 1.54) is 0 Å². The number of piperidine rings is 1. The van der Waals surface area contributed by atoms with Crippen molar-refractivity contribution in [2.24, 2.45) is 11.7 Å². The number of hydrogen-bond acceptors (Lipinski definition) is 3. The Bertz CT molecular complexity index is 505. The molecule has 3 N–H and O–H groups in total. The molecule has 5 nitrogen and oxygen atoms in total. The number of nitrogens with zero attached hydrogens (tertiary/aromatic N) is 1. The van der Waals surface area contributed by atoms with E-state index in [0.717, 1.165) is 37.2 Å². The van der Waals surface area contributed by atoms with Gasteiger partial charge in [0.05, 0.1) is 6.04 Å². The van der Waals surface area contributed by atoms with Crippen LogP contribution < -0.4 is 11.1 Å². The summed E-state index contributed by atoms with van der Waals surface area (Å²) in [7, 11) is 0. The van der Waals surface area contributed by atoms with Crippen LogP contribution in [0.5, 0.6) is 0 Å². The number of rotatable bonds is 4. The van der Waals surface area contributed by atoms with Crippen molar-refractivity contribution in [1.82, 2.24) is 4.90 Å². The fourth-order valence-electron chi connectivity index (χ4n) is 2.62. The van der Waals surface area contributed by atoms with Crippen LogP contribution >= 0.6 is 0 Å². The Morgan fingerprint density at radius 2 is 1.81 bits per heavy atom. The van der Waals surface area contributed by atoms with Crippen LogP contribution in [0.3, 0.4) is 0 Å². The standard InChI is InChI=1S/C16H23N3O2/c1-11-3-5-14(6-4-11)18-16(21)12(2)19-9-7-13(8-10-19)15(17)20/h3-6,12-13H,7-10H2,1-2H3,(H2,17,20)(H,18,21)/t12-/m0/s1. The van der Waals surface area contributed by atoms with Crippen molar-refractivity contribution in [2.75, 3.05) is 18.4 Å². The summed E-state index contributed by atoms with van der Waals surface area (Å²) in [5.74, 6) is -0.295. The molecule has 0 aromatic heterocycles. The first-order valence-electron chi connectivity index (χ1n) is 7.38. The first-order chi connectivity index (χ1) is 9.97. The second kappa shape index (κ2) is 6.72. The molecule has 1 atom stereocenters. The van der Waals surface area contributed by atoms with Gasteiger partial charge in [0.15, 0.2) is 0 Å². The molecule has 1 aliphatic heterocycles. The van der Waals surface area contributed by atoms with Crippen molar-refractivity contribution in [1.29, 1.82) is 0 Å². The molecule has 2 amide bonds. The lowest BCUT2D eigenvalue weighted by molar-refractivity contribution is -0.124.